The van der Waals surface area contributed by atoms with Gasteiger partial charge in [-0.2, -0.15) is 0 Å². The van der Waals surface area contributed by atoms with Crippen LogP contribution in [0, 0.1) is 0 Å². The quantitative estimate of drug-likeness (QED) is 0.778. The molecular weight excluding hydrogens is 327 g/mol. The molecule has 1 N–H and O–H groups in total. The Morgan fingerprint density at radius 2 is 1.96 bits per heavy atom. The standard InChI is InChI=1S/C19H19ClN2.ClH/c20-16-5-6-17-15(12-16)4-3-14-2-1-9-22-19(14)18(17)13-7-10-21-11-8-13;/h1-2,5-7,9,12,18,21H,3-4,8,10-11H2;1H. The summed E-state index contributed by atoms with van der Waals surface area (Å²) in [5.74, 6) is 0.285. The number of hydrogen-bond donors (Lipinski definition) is 1. The number of halogens is 2. The van der Waals surface area contributed by atoms with Crippen LogP contribution in [0.3, 0.4) is 0 Å². The Balaban J connectivity index is 0.00000156. The lowest BCUT2D eigenvalue weighted by atomic mass is 9.83. The van der Waals surface area contributed by atoms with Gasteiger partial charge >= 0.3 is 0 Å². The van der Waals surface area contributed by atoms with Gasteiger partial charge in [0.2, 0.25) is 0 Å². The van der Waals surface area contributed by atoms with Crippen molar-refractivity contribution in [3.05, 3.63) is 75.6 Å². The van der Waals surface area contributed by atoms with Gasteiger partial charge in [0.25, 0.3) is 0 Å². The fourth-order valence-electron chi connectivity index (χ4n) is 3.69. The van der Waals surface area contributed by atoms with Crippen LogP contribution in [0.15, 0.2) is 48.2 Å². The molecule has 1 aliphatic heterocycles. The Bertz CT molecular complexity index is 740. The van der Waals surface area contributed by atoms with Crippen molar-refractivity contribution in [3.63, 3.8) is 0 Å². The summed E-state index contributed by atoms with van der Waals surface area (Å²) in [4.78, 5) is 4.76. The molecule has 1 aromatic heterocycles. The van der Waals surface area contributed by atoms with E-state index in [0.29, 0.717) is 0 Å². The number of nitrogens with one attached hydrogen (secondary N) is 1. The van der Waals surface area contributed by atoms with Crippen LogP contribution in [0.25, 0.3) is 0 Å². The maximum Gasteiger partial charge on any atom is 0.0551 e. The Hall–Kier alpha value is -1.35. The second-order valence-corrected chi connectivity index (χ2v) is 6.49. The molecule has 2 nitrogen and oxygen atoms in total. The third kappa shape index (κ3) is 3.16. The number of pyridine rings is 1. The molecule has 0 bridgehead atoms. The van der Waals surface area contributed by atoms with Crippen molar-refractivity contribution >= 4 is 24.0 Å². The minimum Gasteiger partial charge on any atom is -0.313 e. The smallest absolute Gasteiger partial charge is 0.0551 e. The molecule has 0 saturated carbocycles. The highest BCUT2D eigenvalue weighted by Gasteiger charge is 2.28. The lowest BCUT2D eigenvalue weighted by Gasteiger charge is -2.25. The summed E-state index contributed by atoms with van der Waals surface area (Å²) in [7, 11) is 0. The van der Waals surface area contributed by atoms with Gasteiger partial charge in [0, 0.05) is 23.7 Å². The first-order chi connectivity index (χ1) is 10.8. The van der Waals surface area contributed by atoms with E-state index in [1.807, 2.05) is 12.3 Å². The first-order valence-electron chi connectivity index (χ1n) is 7.94. The number of benzene rings is 1. The Kier molecular flexibility index (Phi) is 5.05. The molecule has 0 spiro atoms. The number of aromatic nitrogens is 1. The first-order valence-corrected chi connectivity index (χ1v) is 8.32. The number of nitrogens with zero attached hydrogens (tertiary/aromatic N) is 1. The molecule has 23 heavy (non-hydrogen) atoms. The molecule has 4 rings (SSSR count). The molecule has 1 aliphatic carbocycles. The normalized spacial score (nSPS) is 19.7. The van der Waals surface area contributed by atoms with Crippen LogP contribution in [-0.4, -0.2) is 18.1 Å². The van der Waals surface area contributed by atoms with Gasteiger partial charge < -0.3 is 5.32 Å². The molecular formula is C19H20Cl2N2. The van der Waals surface area contributed by atoms with Crippen LogP contribution in [0.1, 0.15) is 34.7 Å². The van der Waals surface area contributed by atoms with E-state index >= 15 is 0 Å². The molecule has 2 heterocycles. The van der Waals surface area contributed by atoms with Crippen LogP contribution in [0.4, 0.5) is 0 Å². The maximum absolute atomic E-state index is 6.23. The zero-order valence-corrected chi connectivity index (χ0v) is 14.5. The summed E-state index contributed by atoms with van der Waals surface area (Å²) < 4.78 is 0. The molecule has 120 valence electrons. The number of fused-ring (bicyclic) bond motifs is 2. The van der Waals surface area contributed by atoms with Crippen molar-refractivity contribution in [1.29, 1.82) is 0 Å². The minimum atomic E-state index is 0. The van der Waals surface area contributed by atoms with Gasteiger partial charge in [-0.25, -0.2) is 0 Å². The van der Waals surface area contributed by atoms with Gasteiger partial charge in [0.15, 0.2) is 0 Å². The monoisotopic (exact) mass is 346 g/mol. The fraction of sp³-hybridized carbons (Fsp3) is 0.316. The third-order valence-corrected chi connectivity index (χ3v) is 4.98. The topological polar surface area (TPSA) is 24.9 Å². The summed E-state index contributed by atoms with van der Waals surface area (Å²) in [5, 5.41) is 4.24. The summed E-state index contributed by atoms with van der Waals surface area (Å²) in [5.41, 5.74) is 6.85. The number of rotatable bonds is 1. The average molecular weight is 347 g/mol. The van der Waals surface area contributed by atoms with Crippen LogP contribution in [0.5, 0.6) is 0 Å². The van der Waals surface area contributed by atoms with E-state index in [9.17, 15) is 0 Å². The second-order valence-electron chi connectivity index (χ2n) is 6.06. The van der Waals surface area contributed by atoms with E-state index in [0.717, 1.165) is 37.4 Å². The Morgan fingerprint density at radius 3 is 2.78 bits per heavy atom. The van der Waals surface area contributed by atoms with E-state index in [1.54, 1.807) is 0 Å². The molecule has 0 radical (unpaired) electrons. The maximum atomic E-state index is 6.23. The Morgan fingerprint density at radius 1 is 1.09 bits per heavy atom. The van der Waals surface area contributed by atoms with Crippen LogP contribution in [0.2, 0.25) is 5.02 Å². The lowest BCUT2D eigenvalue weighted by molar-refractivity contribution is 0.667. The van der Waals surface area contributed by atoms with Crippen molar-refractivity contribution in [3.8, 4) is 0 Å². The predicted octanol–water partition coefficient (Wildman–Crippen LogP) is 4.31. The van der Waals surface area contributed by atoms with Crippen LogP contribution >= 0.6 is 24.0 Å². The predicted molar refractivity (Wildman–Crippen MR) is 97.8 cm³/mol. The van der Waals surface area contributed by atoms with Crippen LogP contribution < -0.4 is 5.32 Å². The molecule has 0 fully saturated rings. The van der Waals surface area contributed by atoms with E-state index in [4.69, 9.17) is 16.6 Å². The highest BCUT2D eigenvalue weighted by molar-refractivity contribution is 6.30. The fourth-order valence-corrected chi connectivity index (χ4v) is 3.88. The van der Waals surface area contributed by atoms with Gasteiger partial charge in [-0.15, -0.1) is 12.4 Å². The number of aryl methyl sites for hydroxylation is 2. The third-order valence-electron chi connectivity index (χ3n) is 4.75. The van der Waals surface area contributed by atoms with Gasteiger partial charge in [-0.05, 0) is 60.7 Å². The molecule has 0 amide bonds. The molecule has 2 aliphatic rings. The van der Waals surface area contributed by atoms with E-state index in [-0.39, 0.29) is 18.3 Å². The lowest BCUT2D eigenvalue weighted by Crippen LogP contribution is -2.23. The average Bonchev–Trinajstić information content (AvgIpc) is 2.72. The zero-order chi connectivity index (χ0) is 14.9. The summed E-state index contributed by atoms with van der Waals surface area (Å²) in [6.45, 7) is 2.00. The largest absolute Gasteiger partial charge is 0.313 e. The van der Waals surface area contributed by atoms with Crippen molar-refractivity contribution in [2.24, 2.45) is 0 Å². The van der Waals surface area contributed by atoms with Gasteiger partial charge in [-0.3, -0.25) is 4.98 Å². The summed E-state index contributed by atoms with van der Waals surface area (Å²) >= 11 is 6.23. The van der Waals surface area contributed by atoms with Gasteiger partial charge in [-0.1, -0.05) is 35.4 Å². The Labute approximate surface area is 148 Å². The number of hydrogen-bond acceptors (Lipinski definition) is 2. The van der Waals surface area contributed by atoms with Crippen molar-refractivity contribution < 1.29 is 0 Å². The highest BCUT2D eigenvalue weighted by atomic mass is 35.5. The van der Waals surface area contributed by atoms with Crippen molar-refractivity contribution in [2.45, 2.75) is 25.2 Å². The molecule has 1 aromatic carbocycles. The highest BCUT2D eigenvalue weighted by Crippen LogP contribution is 2.40. The van der Waals surface area contributed by atoms with Crippen LogP contribution in [-0.2, 0) is 12.8 Å². The first kappa shape index (κ1) is 16.5. The van der Waals surface area contributed by atoms with E-state index < -0.39 is 0 Å². The van der Waals surface area contributed by atoms with Crippen molar-refractivity contribution in [2.75, 3.05) is 13.1 Å². The molecule has 0 saturated heterocycles. The van der Waals surface area contributed by atoms with Gasteiger partial charge in [0.1, 0.15) is 0 Å². The molecule has 2 aromatic rings. The van der Waals surface area contributed by atoms with Gasteiger partial charge in [0.05, 0.1) is 5.69 Å². The SMILES string of the molecule is Cl.Clc1ccc2c(c1)CCc1cccnc1C2C1=CCNCC1. The molecule has 1 atom stereocenters. The van der Waals surface area contributed by atoms with E-state index in [1.165, 1.54) is 28.0 Å². The summed E-state index contributed by atoms with van der Waals surface area (Å²) in [6, 6.07) is 10.6. The van der Waals surface area contributed by atoms with Crippen molar-refractivity contribution in [1.82, 2.24) is 10.3 Å². The molecule has 1 unspecified atom stereocenters. The zero-order valence-electron chi connectivity index (χ0n) is 12.9. The second kappa shape index (κ2) is 7.04. The summed E-state index contributed by atoms with van der Waals surface area (Å²) in [6.07, 6.45) is 7.43. The minimum absolute atomic E-state index is 0. The van der Waals surface area contributed by atoms with E-state index in [2.05, 4.69) is 35.7 Å². The molecule has 4 heteroatoms.